The number of carbonyl (C=O) groups excluding carboxylic acids is 2. The van der Waals surface area contributed by atoms with Crippen molar-refractivity contribution in [2.45, 2.75) is 50.4 Å². The first-order chi connectivity index (χ1) is 15.0. The van der Waals surface area contributed by atoms with E-state index in [1.54, 1.807) is 24.3 Å². The molecule has 4 atom stereocenters. The molecule has 158 valence electrons. The van der Waals surface area contributed by atoms with E-state index in [0.717, 1.165) is 30.4 Å². The Hall–Kier alpha value is -3.24. The average molecular weight is 418 g/mol. The first-order valence-corrected chi connectivity index (χ1v) is 10.7. The lowest BCUT2D eigenvalue weighted by Gasteiger charge is -2.23. The second kappa shape index (κ2) is 7.78. The van der Waals surface area contributed by atoms with Gasteiger partial charge in [0.15, 0.2) is 0 Å². The maximum absolute atomic E-state index is 14.8. The van der Waals surface area contributed by atoms with Crippen LogP contribution in [0.1, 0.15) is 40.7 Å². The van der Waals surface area contributed by atoms with Crippen molar-refractivity contribution in [1.82, 2.24) is 16.0 Å². The summed E-state index contributed by atoms with van der Waals surface area (Å²) in [5, 5.41) is 18.4. The monoisotopic (exact) mass is 418 g/mol. The zero-order valence-corrected chi connectivity index (χ0v) is 17.0. The Morgan fingerprint density at radius 3 is 2.74 bits per heavy atom. The molecule has 1 saturated heterocycles. The number of fused-ring (bicyclic) bond motifs is 3. The molecule has 31 heavy (non-hydrogen) atoms. The summed E-state index contributed by atoms with van der Waals surface area (Å²) in [4.78, 5) is 24.3. The molecule has 1 aliphatic carbocycles. The van der Waals surface area contributed by atoms with Gasteiger partial charge in [-0.1, -0.05) is 18.2 Å². The van der Waals surface area contributed by atoms with E-state index in [4.69, 9.17) is 0 Å². The molecule has 0 radical (unpaired) electrons. The molecule has 2 fully saturated rings. The van der Waals surface area contributed by atoms with Crippen LogP contribution < -0.4 is 16.0 Å². The average Bonchev–Trinajstić information content (AvgIpc) is 3.50. The van der Waals surface area contributed by atoms with Crippen LogP contribution in [0, 0.1) is 23.1 Å². The zero-order valence-electron chi connectivity index (χ0n) is 17.0. The van der Waals surface area contributed by atoms with Gasteiger partial charge in [-0.3, -0.25) is 9.59 Å². The smallest absolute Gasteiger partial charge is 0.251 e. The van der Waals surface area contributed by atoms with Crippen molar-refractivity contribution >= 4 is 11.8 Å². The van der Waals surface area contributed by atoms with E-state index in [0.29, 0.717) is 35.2 Å². The van der Waals surface area contributed by atoms with E-state index < -0.39 is 11.9 Å². The molecule has 2 aromatic carbocycles. The highest BCUT2D eigenvalue weighted by Crippen LogP contribution is 2.35. The van der Waals surface area contributed by atoms with Gasteiger partial charge in [0, 0.05) is 24.6 Å². The number of nitriles is 1. The molecule has 2 bridgehead atoms. The van der Waals surface area contributed by atoms with Crippen LogP contribution in [0.3, 0.4) is 0 Å². The van der Waals surface area contributed by atoms with Gasteiger partial charge in [-0.2, -0.15) is 5.26 Å². The predicted octanol–water partition coefficient (Wildman–Crippen LogP) is 2.43. The molecule has 7 heteroatoms. The summed E-state index contributed by atoms with van der Waals surface area (Å²) in [5.41, 5.74) is 3.46. The lowest BCUT2D eigenvalue weighted by Crippen LogP contribution is -2.50. The molecule has 3 N–H and O–H groups in total. The predicted molar refractivity (Wildman–Crippen MR) is 112 cm³/mol. The standard InChI is InChI=1S/C24H23FN4O2/c25-21-10-14(13-4-6-20-17(7-13)12-27-23(20)30)1-2-15(21)8-19(11-26)29-24(31)22-16-3-5-18(9-16)28-22/h1-2,4,6-7,10,16,18-19,22,28H,3,5,8-9,12H2,(H,27,30)(H,29,31). The Balaban J connectivity index is 1.28. The Morgan fingerprint density at radius 1 is 1.23 bits per heavy atom. The maximum Gasteiger partial charge on any atom is 0.251 e. The molecule has 2 aliphatic heterocycles. The Bertz CT molecular complexity index is 1110. The normalized spacial score (nSPS) is 24.4. The third kappa shape index (κ3) is 3.68. The molecule has 1 saturated carbocycles. The van der Waals surface area contributed by atoms with Gasteiger partial charge in [-0.15, -0.1) is 0 Å². The van der Waals surface area contributed by atoms with Gasteiger partial charge in [0.05, 0.1) is 12.1 Å². The molecule has 2 aromatic rings. The number of nitrogens with one attached hydrogen (secondary N) is 3. The van der Waals surface area contributed by atoms with Crippen molar-refractivity contribution in [3.05, 3.63) is 58.9 Å². The second-order valence-corrected chi connectivity index (χ2v) is 8.67. The summed E-state index contributed by atoms with van der Waals surface area (Å²) in [7, 11) is 0. The van der Waals surface area contributed by atoms with Crippen LogP contribution in [-0.2, 0) is 17.8 Å². The van der Waals surface area contributed by atoms with Crippen LogP contribution in [0.15, 0.2) is 36.4 Å². The SMILES string of the molecule is N#CC(Cc1ccc(-c2ccc3c(c2)CNC3=O)cc1F)NC(=O)C1NC2CCC1C2. The molecular weight excluding hydrogens is 395 g/mol. The third-order valence-electron chi connectivity index (χ3n) is 6.71. The second-order valence-electron chi connectivity index (χ2n) is 8.67. The highest BCUT2D eigenvalue weighted by atomic mass is 19.1. The summed E-state index contributed by atoms with van der Waals surface area (Å²) >= 11 is 0. The van der Waals surface area contributed by atoms with Crippen molar-refractivity contribution < 1.29 is 14.0 Å². The van der Waals surface area contributed by atoms with E-state index in [-0.39, 0.29) is 24.3 Å². The number of rotatable bonds is 5. The van der Waals surface area contributed by atoms with Crippen molar-refractivity contribution in [2.75, 3.05) is 0 Å². The van der Waals surface area contributed by atoms with E-state index in [2.05, 4.69) is 22.0 Å². The topological polar surface area (TPSA) is 94.0 Å². The third-order valence-corrected chi connectivity index (χ3v) is 6.71. The van der Waals surface area contributed by atoms with Crippen LogP contribution >= 0.6 is 0 Å². The summed E-state index contributed by atoms with van der Waals surface area (Å²) in [6, 6.07) is 11.8. The number of hydrogen-bond acceptors (Lipinski definition) is 4. The van der Waals surface area contributed by atoms with Crippen LogP contribution in [-0.4, -0.2) is 29.9 Å². The number of carbonyl (C=O) groups is 2. The molecule has 2 amide bonds. The van der Waals surface area contributed by atoms with Gasteiger partial charge >= 0.3 is 0 Å². The lowest BCUT2D eigenvalue weighted by atomic mass is 9.97. The number of nitrogens with zero attached hydrogens (tertiary/aromatic N) is 1. The fourth-order valence-corrected chi connectivity index (χ4v) is 5.06. The van der Waals surface area contributed by atoms with Crippen molar-refractivity contribution in [1.29, 1.82) is 5.26 Å². The number of amides is 2. The molecule has 6 nitrogen and oxygen atoms in total. The van der Waals surface area contributed by atoms with Crippen LogP contribution in [0.4, 0.5) is 4.39 Å². The zero-order chi connectivity index (χ0) is 21.5. The first kappa shape index (κ1) is 19.7. The van der Waals surface area contributed by atoms with Crippen LogP contribution in [0.5, 0.6) is 0 Å². The summed E-state index contributed by atoms with van der Waals surface area (Å²) in [6.45, 7) is 0.476. The van der Waals surface area contributed by atoms with Crippen molar-refractivity contribution in [3.8, 4) is 17.2 Å². The largest absolute Gasteiger partial charge is 0.348 e. The highest BCUT2D eigenvalue weighted by Gasteiger charge is 2.43. The van der Waals surface area contributed by atoms with Gasteiger partial charge < -0.3 is 16.0 Å². The van der Waals surface area contributed by atoms with Gasteiger partial charge in [-0.25, -0.2) is 4.39 Å². The van der Waals surface area contributed by atoms with Gasteiger partial charge in [0.1, 0.15) is 11.9 Å². The fourth-order valence-electron chi connectivity index (χ4n) is 5.06. The first-order valence-electron chi connectivity index (χ1n) is 10.7. The Labute approximate surface area is 179 Å². The quantitative estimate of drug-likeness (QED) is 0.695. The van der Waals surface area contributed by atoms with Gasteiger partial charge in [0.25, 0.3) is 5.91 Å². The minimum Gasteiger partial charge on any atom is -0.348 e. The highest BCUT2D eigenvalue weighted by molar-refractivity contribution is 5.98. The molecule has 5 rings (SSSR count). The Morgan fingerprint density at radius 2 is 2.03 bits per heavy atom. The summed E-state index contributed by atoms with van der Waals surface area (Å²) < 4.78 is 14.8. The van der Waals surface area contributed by atoms with E-state index in [9.17, 15) is 19.2 Å². The number of piperidine rings is 1. The number of benzene rings is 2. The minimum atomic E-state index is -0.786. The van der Waals surface area contributed by atoms with E-state index >= 15 is 0 Å². The molecule has 3 aliphatic rings. The fraction of sp³-hybridized carbons (Fsp3) is 0.375. The number of halogens is 1. The molecule has 0 spiro atoms. The lowest BCUT2D eigenvalue weighted by molar-refractivity contribution is -0.124. The van der Waals surface area contributed by atoms with Crippen molar-refractivity contribution in [2.24, 2.45) is 5.92 Å². The molecule has 2 heterocycles. The van der Waals surface area contributed by atoms with E-state index in [1.807, 2.05) is 6.07 Å². The molecule has 4 unspecified atom stereocenters. The minimum absolute atomic E-state index is 0.0895. The Kier molecular flexibility index (Phi) is 4.95. The molecule has 0 aromatic heterocycles. The van der Waals surface area contributed by atoms with Crippen LogP contribution in [0.2, 0.25) is 0 Å². The molecular formula is C24H23FN4O2. The van der Waals surface area contributed by atoms with Crippen LogP contribution in [0.25, 0.3) is 11.1 Å². The summed E-state index contributed by atoms with van der Waals surface area (Å²) in [5.74, 6) is -0.344. The van der Waals surface area contributed by atoms with Gasteiger partial charge in [0.2, 0.25) is 5.91 Å². The number of hydrogen-bond donors (Lipinski definition) is 3. The summed E-state index contributed by atoms with van der Waals surface area (Å²) in [6.07, 6.45) is 3.26. The van der Waals surface area contributed by atoms with E-state index in [1.165, 1.54) is 6.07 Å². The van der Waals surface area contributed by atoms with Gasteiger partial charge in [-0.05, 0) is 65.6 Å². The maximum atomic E-state index is 14.8. The van der Waals surface area contributed by atoms with Crippen molar-refractivity contribution in [3.63, 3.8) is 0 Å².